The van der Waals surface area contributed by atoms with Gasteiger partial charge in [-0.3, -0.25) is 9.59 Å². The van der Waals surface area contributed by atoms with Crippen molar-refractivity contribution < 1.29 is 14.5 Å². The van der Waals surface area contributed by atoms with E-state index < -0.39 is 0 Å². The number of hydrogen-bond acceptors (Lipinski definition) is 2. The van der Waals surface area contributed by atoms with Crippen molar-refractivity contribution in [3.63, 3.8) is 0 Å². The maximum atomic E-state index is 12.6. The number of hydrogen-bond donors (Lipinski definition) is 3. The van der Waals surface area contributed by atoms with Gasteiger partial charge in [-0.05, 0) is 39.7 Å². The van der Waals surface area contributed by atoms with Crippen LogP contribution in [0.25, 0.3) is 0 Å². The number of likely N-dealkylation sites (N-methyl/N-ethyl adjacent to an activating group) is 1. The molecule has 0 aliphatic heterocycles. The highest BCUT2D eigenvalue weighted by molar-refractivity contribution is 5.81. The molecule has 1 aromatic rings. The van der Waals surface area contributed by atoms with E-state index in [2.05, 4.69) is 17.6 Å². The molecule has 0 saturated heterocycles. The average molecular weight is 349 g/mol. The Hall–Kier alpha value is -1.88. The summed E-state index contributed by atoms with van der Waals surface area (Å²) in [4.78, 5) is 25.6. The Morgan fingerprint density at radius 2 is 1.76 bits per heavy atom. The van der Waals surface area contributed by atoms with Gasteiger partial charge in [-0.1, -0.05) is 43.7 Å². The minimum absolute atomic E-state index is 0.0114. The second-order valence-corrected chi connectivity index (χ2v) is 7.80. The van der Waals surface area contributed by atoms with Crippen LogP contribution in [0.2, 0.25) is 0 Å². The van der Waals surface area contributed by atoms with Crippen molar-refractivity contribution in [2.45, 2.75) is 65.1 Å². The Bertz CT molecular complexity index is 552. The van der Waals surface area contributed by atoms with E-state index in [-0.39, 0.29) is 36.0 Å². The van der Waals surface area contributed by atoms with E-state index in [1.807, 2.05) is 65.1 Å². The first-order valence-corrected chi connectivity index (χ1v) is 9.12. The second-order valence-electron chi connectivity index (χ2n) is 7.80. The molecule has 0 saturated carbocycles. The van der Waals surface area contributed by atoms with Crippen LogP contribution in [-0.2, 0) is 9.59 Å². The molecular weight excluding hydrogens is 314 g/mol. The number of carbonyl (C=O) groups is 2. The van der Waals surface area contributed by atoms with Gasteiger partial charge in [-0.2, -0.15) is 0 Å². The molecule has 0 fully saturated rings. The van der Waals surface area contributed by atoms with Crippen LogP contribution in [0.15, 0.2) is 30.3 Å². The van der Waals surface area contributed by atoms with Gasteiger partial charge >= 0.3 is 0 Å². The molecule has 2 amide bonds. The number of nitrogens with one attached hydrogen (secondary N) is 3. The molecule has 0 heterocycles. The van der Waals surface area contributed by atoms with E-state index in [1.54, 1.807) is 0 Å². The van der Waals surface area contributed by atoms with Gasteiger partial charge < -0.3 is 15.5 Å². The maximum Gasteiger partial charge on any atom is 0.278 e. The lowest BCUT2D eigenvalue weighted by atomic mass is 10.0. The summed E-state index contributed by atoms with van der Waals surface area (Å²) in [6, 6.07) is 9.75. The second kappa shape index (κ2) is 9.56. The fourth-order valence-electron chi connectivity index (χ4n) is 2.69. The van der Waals surface area contributed by atoms with Crippen LogP contribution in [0, 0.1) is 0 Å². The van der Waals surface area contributed by atoms with Crippen LogP contribution < -0.4 is 15.5 Å². The largest absolute Gasteiger partial charge is 0.347 e. The van der Waals surface area contributed by atoms with Crippen LogP contribution >= 0.6 is 0 Å². The van der Waals surface area contributed by atoms with Crippen molar-refractivity contribution in [3.8, 4) is 0 Å². The molecule has 0 aliphatic rings. The predicted molar refractivity (Wildman–Crippen MR) is 101 cm³/mol. The zero-order chi connectivity index (χ0) is 19.0. The highest BCUT2D eigenvalue weighted by Gasteiger charge is 2.27. The van der Waals surface area contributed by atoms with Crippen molar-refractivity contribution in [1.29, 1.82) is 0 Å². The molecule has 0 radical (unpaired) electrons. The normalized spacial score (nSPS) is 15.1. The zero-order valence-corrected chi connectivity index (χ0v) is 16.5. The Morgan fingerprint density at radius 1 is 1.16 bits per heavy atom. The summed E-state index contributed by atoms with van der Waals surface area (Å²) in [5.41, 5.74) is 0.857. The van der Waals surface area contributed by atoms with Crippen LogP contribution in [0.1, 0.15) is 59.1 Å². The molecule has 0 spiro atoms. The SMILES string of the molecule is CCC[C@H](NC(=O)[C@H](C)[NH+](C)CC(=O)NC(C)(C)C)c1ccccc1. The molecule has 1 unspecified atom stereocenters. The summed E-state index contributed by atoms with van der Waals surface area (Å²) in [6.45, 7) is 10.1. The quantitative estimate of drug-likeness (QED) is 0.666. The molecule has 25 heavy (non-hydrogen) atoms. The van der Waals surface area contributed by atoms with E-state index in [0.29, 0.717) is 0 Å². The summed E-state index contributed by atoms with van der Waals surface area (Å²) in [5, 5.41) is 6.08. The summed E-state index contributed by atoms with van der Waals surface area (Å²) in [5.74, 6) is -0.0684. The molecule has 0 aromatic heterocycles. The molecule has 3 N–H and O–H groups in total. The summed E-state index contributed by atoms with van der Waals surface area (Å²) in [7, 11) is 1.88. The minimum atomic E-state index is -0.297. The summed E-state index contributed by atoms with van der Waals surface area (Å²) >= 11 is 0. The van der Waals surface area contributed by atoms with Gasteiger partial charge in [-0.15, -0.1) is 0 Å². The Morgan fingerprint density at radius 3 is 2.28 bits per heavy atom. The van der Waals surface area contributed by atoms with E-state index in [4.69, 9.17) is 0 Å². The topological polar surface area (TPSA) is 62.6 Å². The Balaban J connectivity index is 2.65. The lowest BCUT2D eigenvalue weighted by molar-refractivity contribution is -0.886. The monoisotopic (exact) mass is 348 g/mol. The smallest absolute Gasteiger partial charge is 0.278 e. The third-order valence-electron chi connectivity index (χ3n) is 4.18. The van der Waals surface area contributed by atoms with Crippen molar-refractivity contribution >= 4 is 11.8 Å². The molecule has 140 valence electrons. The zero-order valence-electron chi connectivity index (χ0n) is 16.5. The lowest BCUT2D eigenvalue weighted by Crippen LogP contribution is -3.15. The van der Waals surface area contributed by atoms with Crippen molar-refractivity contribution in [2.75, 3.05) is 13.6 Å². The van der Waals surface area contributed by atoms with Gasteiger partial charge in [-0.25, -0.2) is 0 Å². The highest BCUT2D eigenvalue weighted by atomic mass is 16.2. The number of amides is 2. The molecule has 1 aromatic carbocycles. The van der Waals surface area contributed by atoms with Crippen LogP contribution in [0.4, 0.5) is 0 Å². The lowest BCUT2D eigenvalue weighted by Gasteiger charge is -2.26. The fraction of sp³-hybridized carbons (Fsp3) is 0.600. The molecule has 0 aliphatic carbocycles. The number of rotatable bonds is 8. The number of benzene rings is 1. The molecule has 5 heteroatoms. The van der Waals surface area contributed by atoms with Crippen LogP contribution in [-0.4, -0.2) is 37.0 Å². The number of carbonyl (C=O) groups excluding carboxylic acids is 2. The van der Waals surface area contributed by atoms with Gasteiger partial charge in [0.2, 0.25) is 0 Å². The number of quaternary nitrogens is 1. The first-order valence-electron chi connectivity index (χ1n) is 9.12. The molecule has 5 nitrogen and oxygen atoms in total. The molecule has 0 bridgehead atoms. The van der Waals surface area contributed by atoms with Gasteiger partial charge in [0, 0.05) is 5.54 Å². The third kappa shape index (κ3) is 7.69. The summed E-state index contributed by atoms with van der Waals surface area (Å²) in [6.07, 6.45) is 1.89. The Kier molecular flexibility index (Phi) is 8.10. The van der Waals surface area contributed by atoms with E-state index in [1.165, 1.54) is 0 Å². The Labute approximate surface area is 152 Å². The minimum Gasteiger partial charge on any atom is -0.347 e. The van der Waals surface area contributed by atoms with E-state index >= 15 is 0 Å². The van der Waals surface area contributed by atoms with E-state index in [9.17, 15) is 9.59 Å². The molecule has 3 atom stereocenters. The first-order chi connectivity index (χ1) is 11.6. The summed E-state index contributed by atoms with van der Waals surface area (Å²) < 4.78 is 0. The van der Waals surface area contributed by atoms with Crippen molar-refractivity contribution in [2.24, 2.45) is 0 Å². The molecule has 1 rings (SSSR count). The first kappa shape index (κ1) is 21.2. The van der Waals surface area contributed by atoms with Gasteiger partial charge in [0.1, 0.15) is 0 Å². The maximum absolute atomic E-state index is 12.6. The highest BCUT2D eigenvalue weighted by Crippen LogP contribution is 2.17. The van der Waals surface area contributed by atoms with Crippen LogP contribution in [0.5, 0.6) is 0 Å². The van der Waals surface area contributed by atoms with Crippen molar-refractivity contribution in [1.82, 2.24) is 10.6 Å². The van der Waals surface area contributed by atoms with Crippen molar-refractivity contribution in [3.05, 3.63) is 35.9 Å². The fourth-order valence-corrected chi connectivity index (χ4v) is 2.69. The van der Waals surface area contributed by atoms with Crippen LogP contribution in [0.3, 0.4) is 0 Å². The molecular formula is C20H34N3O2+. The van der Waals surface area contributed by atoms with Gasteiger partial charge in [0.15, 0.2) is 12.6 Å². The predicted octanol–water partition coefficient (Wildman–Crippen LogP) is 1.46. The average Bonchev–Trinajstić information content (AvgIpc) is 2.52. The standard InChI is InChI=1S/C20H33N3O2/c1-7-11-17(16-12-9-8-10-13-16)21-19(25)15(2)23(6)14-18(24)22-20(3,4)5/h8-10,12-13,15,17H,7,11,14H2,1-6H3,(H,21,25)(H,22,24)/p+1/t15-,17-/m0/s1. The third-order valence-corrected chi connectivity index (χ3v) is 4.18. The van der Waals surface area contributed by atoms with Gasteiger partial charge in [0.25, 0.3) is 11.8 Å². The van der Waals surface area contributed by atoms with Gasteiger partial charge in [0.05, 0.1) is 13.1 Å². The van der Waals surface area contributed by atoms with E-state index in [0.717, 1.165) is 23.3 Å².